The molecule has 0 heterocycles. The van der Waals surface area contributed by atoms with E-state index in [0.717, 1.165) is 43.3 Å². The number of carbonyl (C=O) groups is 2. The van der Waals surface area contributed by atoms with Crippen LogP contribution in [0.25, 0.3) is 0 Å². The fourth-order valence-electron chi connectivity index (χ4n) is 5.98. The number of carbonyl (C=O) groups excluding carboxylic acids is 2. The predicted molar refractivity (Wildman–Crippen MR) is 92.9 cm³/mol. The summed E-state index contributed by atoms with van der Waals surface area (Å²) in [4.78, 5) is 24.2. The Hall–Kier alpha value is -1.44. The van der Waals surface area contributed by atoms with Crippen molar-refractivity contribution in [3.63, 3.8) is 0 Å². The molecule has 0 aliphatic heterocycles. The van der Waals surface area contributed by atoms with Crippen LogP contribution in [0.3, 0.4) is 0 Å². The monoisotopic (exact) mass is 312 g/mol. The van der Waals surface area contributed by atoms with Crippen LogP contribution in [0.5, 0.6) is 0 Å². The van der Waals surface area contributed by atoms with Crippen LogP contribution in [-0.2, 0) is 9.59 Å². The Balaban J connectivity index is 0.00000156. The summed E-state index contributed by atoms with van der Waals surface area (Å²) in [6.45, 7) is 8.75. The second-order valence-corrected chi connectivity index (χ2v) is 8.18. The van der Waals surface area contributed by atoms with Gasteiger partial charge < -0.3 is 0 Å². The summed E-state index contributed by atoms with van der Waals surface area (Å²) >= 11 is 0. The van der Waals surface area contributed by atoms with E-state index < -0.39 is 0 Å². The molecule has 2 heteroatoms. The molecule has 4 aliphatic carbocycles. The molecule has 0 aromatic carbocycles. The molecule has 4 aliphatic rings. The molecule has 3 fully saturated rings. The molecule has 0 bridgehead atoms. The minimum absolute atomic E-state index is 0. The largest absolute Gasteiger partial charge is 0.299 e. The maximum absolute atomic E-state index is 12.4. The summed E-state index contributed by atoms with van der Waals surface area (Å²) in [6.07, 6.45) is 10.5. The van der Waals surface area contributed by atoms with Crippen LogP contribution in [-0.4, -0.2) is 11.6 Å². The molecule has 0 radical (unpaired) electrons. The molecule has 2 nitrogen and oxygen atoms in total. The van der Waals surface area contributed by atoms with Gasteiger partial charge in [0.15, 0.2) is 5.78 Å². The van der Waals surface area contributed by atoms with Crippen molar-refractivity contribution in [2.75, 3.05) is 0 Å². The van der Waals surface area contributed by atoms with Crippen molar-refractivity contribution in [2.45, 2.75) is 53.4 Å². The van der Waals surface area contributed by atoms with E-state index in [2.05, 4.69) is 26.5 Å². The lowest BCUT2D eigenvalue weighted by atomic mass is 9.48. The van der Waals surface area contributed by atoms with Crippen molar-refractivity contribution in [3.05, 3.63) is 36.0 Å². The zero-order valence-corrected chi connectivity index (χ0v) is 13.5. The van der Waals surface area contributed by atoms with Gasteiger partial charge in [-0.1, -0.05) is 39.5 Å². The fourth-order valence-corrected chi connectivity index (χ4v) is 5.98. The van der Waals surface area contributed by atoms with E-state index in [1.807, 2.05) is 0 Å². The van der Waals surface area contributed by atoms with Crippen molar-refractivity contribution >= 4 is 11.6 Å². The van der Waals surface area contributed by atoms with E-state index >= 15 is 0 Å². The third-order valence-corrected chi connectivity index (χ3v) is 7.24. The molecule has 0 saturated heterocycles. The average molecular weight is 312 g/mol. The summed E-state index contributed by atoms with van der Waals surface area (Å²) in [5, 5.41) is 0. The average Bonchev–Trinajstić information content (AvgIpc) is 2.77. The van der Waals surface area contributed by atoms with E-state index in [1.165, 1.54) is 0 Å². The minimum atomic E-state index is -0.104. The van der Waals surface area contributed by atoms with Gasteiger partial charge in [0.1, 0.15) is 5.78 Å². The van der Waals surface area contributed by atoms with E-state index in [1.54, 1.807) is 12.2 Å². The Morgan fingerprint density at radius 1 is 1.17 bits per heavy atom. The first-order chi connectivity index (χ1) is 10.4. The lowest BCUT2D eigenvalue weighted by Crippen LogP contribution is -2.50. The molecule has 0 aromatic heterocycles. The van der Waals surface area contributed by atoms with Gasteiger partial charge in [-0.2, -0.15) is 0 Å². The van der Waals surface area contributed by atoms with Crippen molar-refractivity contribution in [3.8, 4) is 0 Å². The lowest BCUT2D eigenvalue weighted by Gasteiger charge is -2.56. The van der Waals surface area contributed by atoms with Gasteiger partial charge in [-0.3, -0.25) is 9.59 Å². The van der Waals surface area contributed by atoms with Crippen molar-refractivity contribution < 1.29 is 9.59 Å². The highest BCUT2D eigenvalue weighted by Crippen LogP contribution is 2.64. The Kier molecular flexibility index (Phi) is 3.59. The standard InChI is InChI=1S/C20H24O2.CH4/c1-12-10-14-15-4-5-18(22)20(15,3)9-7-16(14)19(2)8-6-13(21)11-17(12)19;/h6,8,11,14-16H,1,4-5,7,9-10H2,2-3H3;1H4/t14-,15-,16-,19+,20-;/m0./s1. The highest BCUT2D eigenvalue weighted by atomic mass is 16.1. The molecule has 0 aromatic rings. The van der Waals surface area contributed by atoms with Crippen molar-refractivity contribution in [1.29, 1.82) is 0 Å². The van der Waals surface area contributed by atoms with E-state index in [9.17, 15) is 9.59 Å². The number of rotatable bonds is 0. The SMILES string of the molecule is C.C=C1C[C@@H]2[C@H](CC[C@]3(C)C(=O)CC[C@@H]23)[C@@]2(C)C=CC(=O)C=C12. The predicted octanol–water partition coefficient (Wildman–Crippen LogP) is 4.67. The highest BCUT2D eigenvalue weighted by Gasteiger charge is 2.59. The molecule has 0 N–H and O–H groups in total. The zero-order valence-electron chi connectivity index (χ0n) is 13.5. The van der Waals surface area contributed by atoms with E-state index in [-0.39, 0.29) is 24.0 Å². The molecule has 0 spiro atoms. The van der Waals surface area contributed by atoms with Gasteiger partial charge in [-0.25, -0.2) is 0 Å². The van der Waals surface area contributed by atoms with Gasteiger partial charge in [-0.15, -0.1) is 0 Å². The van der Waals surface area contributed by atoms with Gasteiger partial charge in [0.2, 0.25) is 0 Å². The Morgan fingerprint density at radius 3 is 2.65 bits per heavy atom. The summed E-state index contributed by atoms with van der Waals surface area (Å²) in [6, 6.07) is 0. The maximum Gasteiger partial charge on any atom is 0.178 e. The topological polar surface area (TPSA) is 34.1 Å². The van der Waals surface area contributed by atoms with Crippen LogP contribution in [0.4, 0.5) is 0 Å². The van der Waals surface area contributed by atoms with Crippen LogP contribution in [0.15, 0.2) is 36.0 Å². The molecule has 0 amide bonds. The molecule has 124 valence electrons. The van der Waals surface area contributed by atoms with Gasteiger partial charge >= 0.3 is 0 Å². The quantitative estimate of drug-likeness (QED) is 0.651. The molecular formula is C21H28O2. The first-order valence-electron chi connectivity index (χ1n) is 8.53. The van der Waals surface area contributed by atoms with E-state index in [4.69, 9.17) is 0 Å². The zero-order chi connectivity index (χ0) is 15.7. The summed E-state index contributed by atoms with van der Waals surface area (Å²) in [5.41, 5.74) is 2.09. The van der Waals surface area contributed by atoms with Crippen molar-refractivity contribution in [2.24, 2.45) is 28.6 Å². The van der Waals surface area contributed by atoms with Crippen LogP contribution in [0.2, 0.25) is 0 Å². The van der Waals surface area contributed by atoms with Crippen molar-refractivity contribution in [1.82, 2.24) is 0 Å². The highest BCUT2D eigenvalue weighted by molar-refractivity contribution is 6.02. The molecule has 0 unspecified atom stereocenters. The third kappa shape index (κ3) is 2.00. The minimum Gasteiger partial charge on any atom is -0.299 e. The molecule has 4 rings (SSSR count). The van der Waals surface area contributed by atoms with Crippen LogP contribution in [0.1, 0.15) is 53.4 Å². The summed E-state index contributed by atoms with van der Waals surface area (Å²) in [7, 11) is 0. The van der Waals surface area contributed by atoms with Gasteiger partial charge in [0, 0.05) is 17.3 Å². The summed E-state index contributed by atoms with van der Waals surface area (Å²) < 4.78 is 0. The Bertz CT molecular complexity index is 653. The number of hydrogen-bond acceptors (Lipinski definition) is 2. The fraction of sp³-hybridized carbons (Fsp3) is 0.619. The number of Topliss-reactive ketones (excluding diaryl/α,β-unsaturated/α-hetero) is 1. The number of fused-ring (bicyclic) bond motifs is 5. The van der Waals surface area contributed by atoms with Gasteiger partial charge in [0.05, 0.1) is 0 Å². The third-order valence-electron chi connectivity index (χ3n) is 7.24. The number of ketones is 2. The second kappa shape index (κ2) is 5.03. The molecule has 3 saturated carbocycles. The van der Waals surface area contributed by atoms with E-state index in [0.29, 0.717) is 23.5 Å². The molecular weight excluding hydrogens is 284 g/mol. The van der Waals surface area contributed by atoms with Crippen LogP contribution in [0, 0.1) is 28.6 Å². The second-order valence-electron chi connectivity index (χ2n) is 8.18. The number of hydrogen-bond donors (Lipinski definition) is 0. The molecule has 5 atom stereocenters. The maximum atomic E-state index is 12.4. The first kappa shape index (κ1) is 16.4. The normalized spacial score (nSPS) is 44.9. The first-order valence-corrected chi connectivity index (χ1v) is 8.53. The Labute approximate surface area is 139 Å². The Morgan fingerprint density at radius 2 is 1.91 bits per heavy atom. The number of allylic oxidation sites excluding steroid dienone is 5. The summed E-state index contributed by atoms with van der Waals surface area (Å²) in [5.74, 6) is 2.14. The van der Waals surface area contributed by atoms with Crippen LogP contribution >= 0.6 is 0 Å². The van der Waals surface area contributed by atoms with Gasteiger partial charge in [0.25, 0.3) is 0 Å². The van der Waals surface area contributed by atoms with Crippen LogP contribution < -0.4 is 0 Å². The van der Waals surface area contributed by atoms with Gasteiger partial charge in [-0.05, 0) is 61.2 Å². The lowest BCUT2D eigenvalue weighted by molar-refractivity contribution is -0.131. The molecule has 23 heavy (non-hydrogen) atoms. The smallest absolute Gasteiger partial charge is 0.178 e.